The van der Waals surface area contributed by atoms with Crippen LogP contribution in [0.15, 0.2) is 41.3 Å². The number of rotatable bonds is 9. The summed E-state index contributed by atoms with van der Waals surface area (Å²) in [7, 11) is 0.254. The highest BCUT2D eigenvalue weighted by molar-refractivity contribution is 7.89. The summed E-state index contributed by atoms with van der Waals surface area (Å²) in [6.45, 7) is 2.19. The lowest BCUT2D eigenvalue weighted by Crippen LogP contribution is -2.41. The van der Waals surface area contributed by atoms with Gasteiger partial charge in [-0.15, -0.1) is 0 Å². The third-order valence-electron chi connectivity index (χ3n) is 4.44. The Morgan fingerprint density at radius 1 is 1.06 bits per heavy atom. The Bertz CT molecular complexity index is 1090. The number of benzene rings is 2. The third kappa shape index (κ3) is 6.59. The first-order chi connectivity index (χ1) is 15.1. The van der Waals surface area contributed by atoms with E-state index >= 15 is 0 Å². The molecule has 0 bridgehead atoms. The van der Waals surface area contributed by atoms with Gasteiger partial charge in [0.1, 0.15) is 16.4 Å². The van der Waals surface area contributed by atoms with Crippen LogP contribution in [-0.2, 0) is 14.8 Å². The van der Waals surface area contributed by atoms with Gasteiger partial charge in [-0.2, -0.15) is 0 Å². The highest BCUT2D eigenvalue weighted by Crippen LogP contribution is 2.27. The molecule has 0 saturated carbocycles. The van der Waals surface area contributed by atoms with Crippen molar-refractivity contribution in [1.29, 1.82) is 0 Å². The van der Waals surface area contributed by atoms with Gasteiger partial charge in [0.15, 0.2) is 0 Å². The first kappa shape index (κ1) is 25.4. The van der Waals surface area contributed by atoms with Crippen LogP contribution in [0.25, 0.3) is 0 Å². The number of methoxy groups -OCH3 is 1. The van der Waals surface area contributed by atoms with Crippen LogP contribution in [0.5, 0.6) is 11.5 Å². The van der Waals surface area contributed by atoms with E-state index in [1.807, 2.05) is 6.92 Å². The van der Waals surface area contributed by atoms with Crippen LogP contribution in [0.2, 0.25) is 5.02 Å². The highest BCUT2D eigenvalue weighted by Gasteiger charge is 2.24. The smallest absolute Gasteiger partial charge is 0.269 e. The molecule has 0 atom stereocenters. The largest absolute Gasteiger partial charge is 0.495 e. The minimum absolute atomic E-state index is 0.0491. The minimum Gasteiger partial charge on any atom is -0.495 e. The number of sulfonamides is 1. The average molecular weight is 484 g/mol. The fourth-order valence-corrected chi connectivity index (χ4v) is 3.97. The number of nitrogens with one attached hydrogen (secondary N) is 2. The molecular weight excluding hydrogens is 458 g/mol. The number of carbonyl (C=O) groups excluding carboxylic acids is 2. The van der Waals surface area contributed by atoms with Crippen molar-refractivity contribution in [2.24, 2.45) is 0 Å². The van der Waals surface area contributed by atoms with E-state index in [0.717, 1.165) is 9.87 Å². The number of aryl methyl sites for hydroxylation is 1. The summed E-state index contributed by atoms with van der Waals surface area (Å²) >= 11 is 5.90. The molecular formula is C21H26ClN3O6S. The molecule has 0 spiro atoms. The minimum atomic E-state index is -3.83. The average Bonchev–Trinajstić information content (AvgIpc) is 2.75. The second-order valence-corrected chi connectivity index (χ2v) is 9.57. The van der Waals surface area contributed by atoms with Gasteiger partial charge in [0.25, 0.3) is 5.91 Å². The molecule has 174 valence electrons. The van der Waals surface area contributed by atoms with Gasteiger partial charge in [-0.3, -0.25) is 20.4 Å². The molecule has 0 unspecified atom stereocenters. The monoisotopic (exact) mass is 483 g/mol. The summed E-state index contributed by atoms with van der Waals surface area (Å²) in [4.78, 5) is 24.2. The predicted molar refractivity (Wildman–Crippen MR) is 120 cm³/mol. The van der Waals surface area contributed by atoms with Gasteiger partial charge in [0, 0.05) is 31.1 Å². The standard InChI is InChI=1S/C21H26ClN3O6S/c1-14-12-16(22)8-10-17(14)31-11-5-6-20(26)23-24-21(27)15-7-9-18(30-4)19(13-15)32(28,29)25(2)3/h7-10,12-13H,5-6,11H2,1-4H3,(H,23,26)(H,24,27). The van der Waals surface area contributed by atoms with E-state index in [0.29, 0.717) is 23.8 Å². The van der Waals surface area contributed by atoms with Gasteiger partial charge in [0.2, 0.25) is 15.9 Å². The predicted octanol–water partition coefficient (Wildman–Crippen LogP) is 2.53. The molecule has 2 aromatic rings. The molecule has 0 heterocycles. The van der Waals surface area contributed by atoms with Crippen molar-refractivity contribution < 1.29 is 27.5 Å². The number of ether oxygens (including phenoxy) is 2. The number of hydrogen-bond acceptors (Lipinski definition) is 6. The van der Waals surface area contributed by atoms with Gasteiger partial charge < -0.3 is 9.47 Å². The second kappa shape index (κ2) is 11.2. The zero-order chi connectivity index (χ0) is 23.9. The maximum atomic E-state index is 12.5. The number of hydrazine groups is 1. The number of carbonyl (C=O) groups is 2. The van der Waals surface area contributed by atoms with E-state index in [1.165, 1.54) is 39.4 Å². The first-order valence-corrected chi connectivity index (χ1v) is 11.5. The van der Waals surface area contributed by atoms with E-state index in [2.05, 4.69) is 10.9 Å². The molecule has 0 radical (unpaired) electrons. The van der Waals surface area contributed by atoms with Crippen LogP contribution in [-0.4, -0.2) is 52.3 Å². The molecule has 0 aliphatic rings. The molecule has 2 N–H and O–H groups in total. The molecule has 0 aromatic heterocycles. The van der Waals surface area contributed by atoms with Gasteiger partial charge in [-0.1, -0.05) is 11.6 Å². The van der Waals surface area contributed by atoms with Crippen molar-refractivity contribution in [1.82, 2.24) is 15.2 Å². The van der Waals surface area contributed by atoms with Gasteiger partial charge in [-0.05, 0) is 55.3 Å². The van der Waals surface area contributed by atoms with E-state index < -0.39 is 21.8 Å². The summed E-state index contributed by atoms with van der Waals surface area (Å²) in [5, 5.41) is 0.619. The van der Waals surface area contributed by atoms with E-state index in [9.17, 15) is 18.0 Å². The Kier molecular flexibility index (Phi) is 8.88. The van der Waals surface area contributed by atoms with Crippen LogP contribution >= 0.6 is 11.6 Å². The fourth-order valence-electron chi connectivity index (χ4n) is 2.67. The summed E-state index contributed by atoms with van der Waals surface area (Å²) in [6, 6.07) is 9.24. The van der Waals surface area contributed by atoms with Crippen LogP contribution < -0.4 is 20.3 Å². The quantitative estimate of drug-likeness (QED) is 0.418. The zero-order valence-electron chi connectivity index (χ0n) is 18.3. The normalized spacial score (nSPS) is 11.2. The van der Waals surface area contributed by atoms with Crippen LogP contribution in [0.1, 0.15) is 28.8 Å². The van der Waals surface area contributed by atoms with Crippen molar-refractivity contribution in [3.8, 4) is 11.5 Å². The summed E-state index contributed by atoms with van der Waals surface area (Å²) in [5.74, 6) is -0.282. The maximum absolute atomic E-state index is 12.5. The van der Waals surface area contributed by atoms with Gasteiger partial charge >= 0.3 is 0 Å². The van der Waals surface area contributed by atoms with Crippen LogP contribution in [0, 0.1) is 6.92 Å². The summed E-state index contributed by atoms with van der Waals surface area (Å²) in [5.41, 5.74) is 5.52. The molecule has 2 rings (SSSR count). The molecule has 32 heavy (non-hydrogen) atoms. The Labute approximate surface area is 192 Å². The maximum Gasteiger partial charge on any atom is 0.269 e. The van der Waals surface area contributed by atoms with Gasteiger partial charge in [-0.25, -0.2) is 12.7 Å². The molecule has 0 aliphatic heterocycles. The lowest BCUT2D eigenvalue weighted by atomic mass is 10.2. The van der Waals surface area contributed by atoms with Crippen LogP contribution in [0.3, 0.4) is 0 Å². The SMILES string of the molecule is COc1ccc(C(=O)NNC(=O)CCCOc2ccc(Cl)cc2C)cc1S(=O)(=O)N(C)C. The number of halogens is 1. The molecule has 0 fully saturated rings. The lowest BCUT2D eigenvalue weighted by molar-refractivity contribution is -0.122. The molecule has 0 saturated heterocycles. The van der Waals surface area contributed by atoms with E-state index in [-0.39, 0.29) is 22.6 Å². The Morgan fingerprint density at radius 3 is 2.38 bits per heavy atom. The summed E-state index contributed by atoms with van der Waals surface area (Å²) in [6.07, 6.45) is 0.549. The van der Waals surface area contributed by atoms with Gasteiger partial charge in [0.05, 0.1) is 13.7 Å². The number of hydrogen-bond donors (Lipinski definition) is 2. The molecule has 9 nitrogen and oxygen atoms in total. The van der Waals surface area contributed by atoms with E-state index in [1.54, 1.807) is 18.2 Å². The first-order valence-electron chi connectivity index (χ1n) is 9.65. The zero-order valence-corrected chi connectivity index (χ0v) is 19.8. The Balaban J connectivity index is 1.88. The Morgan fingerprint density at radius 2 is 1.75 bits per heavy atom. The van der Waals surface area contributed by atoms with Crippen molar-refractivity contribution >= 4 is 33.4 Å². The highest BCUT2D eigenvalue weighted by atomic mass is 35.5. The Hall–Kier alpha value is -2.82. The molecule has 2 aromatic carbocycles. The molecule has 0 aliphatic carbocycles. The summed E-state index contributed by atoms with van der Waals surface area (Å²) < 4.78 is 36.7. The van der Waals surface area contributed by atoms with Crippen molar-refractivity contribution in [2.45, 2.75) is 24.7 Å². The molecule has 11 heteroatoms. The number of nitrogens with zero attached hydrogens (tertiary/aromatic N) is 1. The van der Waals surface area contributed by atoms with Crippen molar-refractivity contribution in [3.05, 3.63) is 52.5 Å². The fraction of sp³-hybridized carbons (Fsp3) is 0.333. The third-order valence-corrected chi connectivity index (χ3v) is 6.51. The molecule has 2 amide bonds. The van der Waals surface area contributed by atoms with Crippen molar-refractivity contribution in [3.63, 3.8) is 0 Å². The van der Waals surface area contributed by atoms with Crippen LogP contribution in [0.4, 0.5) is 0 Å². The lowest BCUT2D eigenvalue weighted by Gasteiger charge is -2.15. The topological polar surface area (TPSA) is 114 Å². The second-order valence-electron chi connectivity index (χ2n) is 7.02. The number of amides is 2. The van der Waals surface area contributed by atoms with Crippen molar-refractivity contribution in [2.75, 3.05) is 27.8 Å². The van der Waals surface area contributed by atoms with E-state index in [4.69, 9.17) is 21.1 Å².